The standard InChI is InChI=1S/C14H12F3N5O/c15-14(16,17)11-4-3-9(6-18-11)13(23)22-7-10(8-22)20-12-2-1-5-19-21-12/h1-6,10H,7-8H2,(H,20,21). The molecule has 1 fully saturated rings. The zero-order valence-electron chi connectivity index (χ0n) is 11.8. The minimum absolute atomic E-state index is 0.0399. The van der Waals surface area contributed by atoms with Crippen molar-refractivity contribution in [3.63, 3.8) is 0 Å². The summed E-state index contributed by atoms with van der Waals surface area (Å²) in [4.78, 5) is 17.0. The van der Waals surface area contributed by atoms with Crippen molar-refractivity contribution in [2.75, 3.05) is 18.4 Å². The lowest BCUT2D eigenvalue weighted by Gasteiger charge is -2.39. The van der Waals surface area contributed by atoms with Gasteiger partial charge in [-0.15, -0.1) is 5.10 Å². The fourth-order valence-electron chi connectivity index (χ4n) is 2.19. The minimum Gasteiger partial charge on any atom is -0.362 e. The van der Waals surface area contributed by atoms with Crippen LogP contribution in [0.15, 0.2) is 36.7 Å². The van der Waals surface area contributed by atoms with Gasteiger partial charge in [-0.2, -0.15) is 18.3 Å². The van der Waals surface area contributed by atoms with Gasteiger partial charge < -0.3 is 10.2 Å². The molecule has 2 aromatic heterocycles. The first-order valence-corrected chi connectivity index (χ1v) is 6.80. The molecule has 6 nitrogen and oxygen atoms in total. The Morgan fingerprint density at radius 2 is 2.04 bits per heavy atom. The molecule has 23 heavy (non-hydrogen) atoms. The SMILES string of the molecule is O=C(c1ccc(C(F)(F)F)nc1)N1CC(Nc2cccnn2)C1. The second-order valence-electron chi connectivity index (χ2n) is 5.09. The molecule has 2 aromatic rings. The highest BCUT2D eigenvalue weighted by Gasteiger charge is 2.34. The van der Waals surface area contributed by atoms with E-state index in [1.54, 1.807) is 18.3 Å². The number of halogens is 3. The molecule has 1 aliphatic rings. The fourth-order valence-corrected chi connectivity index (χ4v) is 2.19. The van der Waals surface area contributed by atoms with E-state index in [-0.39, 0.29) is 17.5 Å². The number of anilines is 1. The Morgan fingerprint density at radius 3 is 2.61 bits per heavy atom. The molecule has 1 saturated heterocycles. The first-order chi connectivity index (χ1) is 10.9. The van der Waals surface area contributed by atoms with Crippen LogP contribution < -0.4 is 5.32 Å². The number of hydrogen-bond donors (Lipinski definition) is 1. The van der Waals surface area contributed by atoms with Gasteiger partial charge in [-0.05, 0) is 24.3 Å². The van der Waals surface area contributed by atoms with Crippen molar-refractivity contribution in [1.82, 2.24) is 20.1 Å². The van der Waals surface area contributed by atoms with E-state index in [1.165, 1.54) is 4.90 Å². The van der Waals surface area contributed by atoms with Gasteiger partial charge in [0.25, 0.3) is 5.91 Å². The van der Waals surface area contributed by atoms with Gasteiger partial charge in [-0.3, -0.25) is 9.78 Å². The van der Waals surface area contributed by atoms with Crippen molar-refractivity contribution < 1.29 is 18.0 Å². The van der Waals surface area contributed by atoms with Gasteiger partial charge in [0.1, 0.15) is 11.5 Å². The van der Waals surface area contributed by atoms with Crippen LogP contribution >= 0.6 is 0 Å². The molecule has 0 bridgehead atoms. The Balaban J connectivity index is 1.56. The molecule has 120 valence electrons. The molecule has 0 aliphatic carbocycles. The lowest BCUT2D eigenvalue weighted by atomic mass is 10.1. The van der Waals surface area contributed by atoms with Crippen LogP contribution in [0.2, 0.25) is 0 Å². The highest BCUT2D eigenvalue weighted by atomic mass is 19.4. The summed E-state index contributed by atoms with van der Waals surface area (Å²) < 4.78 is 37.3. The number of amides is 1. The van der Waals surface area contributed by atoms with E-state index in [0.29, 0.717) is 18.9 Å². The van der Waals surface area contributed by atoms with Crippen LogP contribution in [0.4, 0.5) is 19.0 Å². The highest BCUT2D eigenvalue weighted by Crippen LogP contribution is 2.27. The predicted octanol–water partition coefficient (Wildman–Crippen LogP) is 1.83. The molecule has 1 N–H and O–H groups in total. The third kappa shape index (κ3) is 3.38. The first kappa shape index (κ1) is 15.2. The highest BCUT2D eigenvalue weighted by molar-refractivity contribution is 5.94. The van der Waals surface area contributed by atoms with Gasteiger partial charge in [-0.1, -0.05) is 0 Å². The number of aromatic nitrogens is 3. The predicted molar refractivity (Wildman–Crippen MR) is 74.6 cm³/mol. The molecule has 9 heteroatoms. The quantitative estimate of drug-likeness (QED) is 0.933. The molecule has 1 amide bonds. The van der Waals surface area contributed by atoms with E-state index in [1.807, 2.05) is 0 Å². The molecule has 3 heterocycles. The molecule has 0 unspecified atom stereocenters. The van der Waals surface area contributed by atoms with Crippen molar-refractivity contribution >= 4 is 11.7 Å². The Kier molecular flexibility index (Phi) is 3.85. The Labute approximate surface area is 129 Å². The molecule has 0 saturated carbocycles. The number of carbonyl (C=O) groups is 1. The zero-order valence-corrected chi connectivity index (χ0v) is 11.8. The summed E-state index contributed by atoms with van der Waals surface area (Å²) in [5.41, 5.74) is -0.879. The average molecular weight is 323 g/mol. The number of hydrogen-bond acceptors (Lipinski definition) is 5. The topological polar surface area (TPSA) is 71.0 Å². The largest absolute Gasteiger partial charge is 0.433 e. The van der Waals surface area contributed by atoms with E-state index in [9.17, 15) is 18.0 Å². The maximum atomic E-state index is 12.4. The maximum absolute atomic E-state index is 12.4. The second-order valence-corrected chi connectivity index (χ2v) is 5.09. The normalized spacial score (nSPS) is 15.2. The minimum atomic E-state index is -4.51. The lowest BCUT2D eigenvalue weighted by molar-refractivity contribution is -0.141. The number of pyridine rings is 1. The summed E-state index contributed by atoms with van der Waals surface area (Å²) in [5.74, 6) is 0.268. The van der Waals surface area contributed by atoms with Crippen molar-refractivity contribution in [2.24, 2.45) is 0 Å². The number of alkyl halides is 3. The van der Waals surface area contributed by atoms with Crippen LogP contribution in [0.25, 0.3) is 0 Å². The Hall–Kier alpha value is -2.71. The van der Waals surface area contributed by atoms with Gasteiger partial charge in [0.15, 0.2) is 0 Å². The third-order valence-electron chi connectivity index (χ3n) is 3.39. The van der Waals surface area contributed by atoms with E-state index in [2.05, 4.69) is 20.5 Å². The molecular formula is C14H12F3N5O. The van der Waals surface area contributed by atoms with E-state index < -0.39 is 11.9 Å². The van der Waals surface area contributed by atoms with Crippen molar-refractivity contribution in [1.29, 1.82) is 0 Å². The summed E-state index contributed by atoms with van der Waals surface area (Å²) in [6, 6.07) is 5.49. The molecular weight excluding hydrogens is 311 g/mol. The number of nitrogens with zero attached hydrogens (tertiary/aromatic N) is 4. The molecule has 0 radical (unpaired) electrons. The van der Waals surface area contributed by atoms with Crippen LogP contribution in [0.1, 0.15) is 16.1 Å². The van der Waals surface area contributed by atoms with Crippen LogP contribution in [0, 0.1) is 0 Å². The Bertz CT molecular complexity index is 684. The monoisotopic (exact) mass is 323 g/mol. The van der Waals surface area contributed by atoms with Crippen LogP contribution in [0.3, 0.4) is 0 Å². The average Bonchev–Trinajstić information content (AvgIpc) is 2.50. The molecule has 3 rings (SSSR count). The fraction of sp³-hybridized carbons (Fsp3) is 0.286. The Morgan fingerprint density at radius 1 is 1.26 bits per heavy atom. The van der Waals surface area contributed by atoms with Gasteiger partial charge in [0.05, 0.1) is 11.6 Å². The van der Waals surface area contributed by atoms with E-state index in [0.717, 1.165) is 18.3 Å². The van der Waals surface area contributed by atoms with Gasteiger partial charge in [0, 0.05) is 25.5 Å². The van der Waals surface area contributed by atoms with Gasteiger partial charge in [0.2, 0.25) is 0 Å². The van der Waals surface area contributed by atoms with E-state index >= 15 is 0 Å². The second kappa shape index (κ2) is 5.82. The lowest BCUT2D eigenvalue weighted by Crippen LogP contribution is -2.57. The summed E-state index contributed by atoms with van der Waals surface area (Å²) in [6.45, 7) is 0.882. The molecule has 0 aromatic carbocycles. The van der Waals surface area contributed by atoms with Crippen LogP contribution in [0.5, 0.6) is 0 Å². The summed E-state index contributed by atoms with van der Waals surface area (Å²) in [6.07, 6.45) is -2.00. The smallest absolute Gasteiger partial charge is 0.362 e. The summed E-state index contributed by atoms with van der Waals surface area (Å²) in [5, 5.41) is 10.7. The van der Waals surface area contributed by atoms with Crippen molar-refractivity contribution in [3.8, 4) is 0 Å². The summed E-state index contributed by atoms with van der Waals surface area (Å²) in [7, 11) is 0. The van der Waals surface area contributed by atoms with Crippen molar-refractivity contribution in [3.05, 3.63) is 47.9 Å². The molecule has 0 spiro atoms. The number of likely N-dealkylation sites (tertiary alicyclic amines) is 1. The maximum Gasteiger partial charge on any atom is 0.433 e. The number of nitrogens with one attached hydrogen (secondary N) is 1. The van der Waals surface area contributed by atoms with Crippen LogP contribution in [-0.2, 0) is 6.18 Å². The zero-order chi connectivity index (χ0) is 16.4. The van der Waals surface area contributed by atoms with Crippen LogP contribution in [-0.4, -0.2) is 45.1 Å². The molecule has 1 aliphatic heterocycles. The third-order valence-corrected chi connectivity index (χ3v) is 3.39. The van der Waals surface area contributed by atoms with E-state index in [4.69, 9.17) is 0 Å². The van der Waals surface area contributed by atoms with Crippen molar-refractivity contribution in [2.45, 2.75) is 12.2 Å². The first-order valence-electron chi connectivity index (χ1n) is 6.80. The molecule has 0 atom stereocenters. The number of carbonyl (C=O) groups excluding carboxylic acids is 1. The van der Waals surface area contributed by atoms with Gasteiger partial charge >= 0.3 is 6.18 Å². The van der Waals surface area contributed by atoms with Gasteiger partial charge in [-0.25, -0.2) is 0 Å². The summed E-state index contributed by atoms with van der Waals surface area (Å²) >= 11 is 0. The number of rotatable bonds is 3.